The van der Waals surface area contributed by atoms with Gasteiger partial charge in [-0.2, -0.15) is 4.68 Å². The van der Waals surface area contributed by atoms with Crippen molar-refractivity contribution in [1.29, 1.82) is 0 Å². The zero-order chi connectivity index (χ0) is 18.7. The minimum Gasteiger partial charge on any atom is -0.337 e. The number of carbonyl (C=O) groups excluding carboxylic acids is 1. The number of tetrazole rings is 1. The van der Waals surface area contributed by atoms with E-state index >= 15 is 0 Å². The van der Waals surface area contributed by atoms with E-state index in [1.54, 1.807) is 4.68 Å². The summed E-state index contributed by atoms with van der Waals surface area (Å²) in [5.41, 5.74) is 3.16. The molecular formula is C18H27N5OS. The number of amides is 1. The van der Waals surface area contributed by atoms with E-state index in [2.05, 4.69) is 15.5 Å². The number of para-hydroxylation sites is 1. The lowest BCUT2D eigenvalue weighted by atomic mass is 10.1. The van der Waals surface area contributed by atoms with Crippen LogP contribution in [0.25, 0.3) is 5.69 Å². The SMILES string of the molecule is Cc1cccc(C)c1-n1nnnc1S[C@@H](C)C(=O)N(C(C)C)C(C)C. The highest BCUT2D eigenvalue weighted by atomic mass is 32.2. The maximum atomic E-state index is 12.9. The smallest absolute Gasteiger partial charge is 0.236 e. The molecule has 0 fully saturated rings. The summed E-state index contributed by atoms with van der Waals surface area (Å²) in [6, 6.07) is 6.40. The van der Waals surface area contributed by atoms with Gasteiger partial charge in [0, 0.05) is 12.1 Å². The van der Waals surface area contributed by atoms with Crippen molar-refractivity contribution in [3.05, 3.63) is 29.3 Å². The zero-order valence-corrected chi connectivity index (χ0v) is 16.8. The number of benzene rings is 1. The van der Waals surface area contributed by atoms with E-state index in [4.69, 9.17) is 0 Å². The largest absolute Gasteiger partial charge is 0.337 e. The molecule has 2 rings (SSSR count). The van der Waals surface area contributed by atoms with Crippen LogP contribution in [0.4, 0.5) is 0 Å². The molecule has 136 valence electrons. The molecule has 2 aromatic rings. The Hall–Kier alpha value is -1.89. The minimum atomic E-state index is -0.265. The van der Waals surface area contributed by atoms with Crippen LogP contribution < -0.4 is 0 Å². The molecule has 1 atom stereocenters. The molecule has 0 saturated heterocycles. The van der Waals surface area contributed by atoms with Crippen LogP contribution in [0.1, 0.15) is 45.7 Å². The van der Waals surface area contributed by atoms with Crippen molar-refractivity contribution in [1.82, 2.24) is 25.1 Å². The van der Waals surface area contributed by atoms with Gasteiger partial charge in [0.15, 0.2) is 0 Å². The number of hydrogen-bond donors (Lipinski definition) is 0. The van der Waals surface area contributed by atoms with Crippen molar-refractivity contribution >= 4 is 17.7 Å². The number of aromatic nitrogens is 4. The zero-order valence-electron chi connectivity index (χ0n) is 16.0. The van der Waals surface area contributed by atoms with Crippen molar-refractivity contribution in [2.45, 2.75) is 71.0 Å². The second-order valence-corrected chi connectivity index (χ2v) is 8.11. The van der Waals surface area contributed by atoms with Gasteiger partial charge in [-0.3, -0.25) is 4.79 Å². The molecule has 0 aliphatic heterocycles. The predicted molar refractivity (Wildman–Crippen MR) is 101 cm³/mol. The van der Waals surface area contributed by atoms with E-state index in [1.165, 1.54) is 11.8 Å². The molecule has 0 spiro atoms. The average Bonchev–Trinajstić information content (AvgIpc) is 2.94. The molecule has 0 aliphatic rings. The van der Waals surface area contributed by atoms with Crippen LogP contribution >= 0.6 is 11.8 Å². The van der Waals surface area contributed by atoms with Crippen LogP contribution in [-0.4, -0.2) is 48.3 Å². The summed E-state index contributed by atoms with van der Waals surface area (Å²) in [7, 11) is 0. The fourth-order valence-electron chi connectivity index (χ4n) is 3.06. The van der Waals surface area contributed by atoms with Gasteiger partial charge < -0.3 is 4.90 Å². The molecule has 25 heavy (non-hydrogen) atoms. The maximum Gasteiger partial charge on any atom is 0.236 e. The highest BCUT2D eigenvalue weighted by molar-refractivity contribution is 8.00. The molecule has 1 aromatic carbocycles. The third kappa shape index (κ3) is 4.21. The Kier molecular flexibility index (Phi) is 6.21. The van der Waals surface area contributed by atoms with Gasteiger partial charge in [-0.25, -0.2) is 0 Å². The monoisotopic (exact) mass is 361 g/mol. The molecule has 7 heteroatoms. The van der Waals surface area contributed by atoms with Crippen LogP contribution in [0.2, 0.25) is 0 Å². The molecule has 1 aromatic heterocycles. The van der Waals surface area contributed by atoms with Gasteiger partial charge in [0.2, 0.25) is 11.1 Å². The van der Waals surface area contributed by atoms with Gasteiger partial charge in [-0.05, 0) is 70.0 Å². The minimum absolute atomic E-state index is 0.103. The Morgan fingerprint density at radius 3 is 2.16 bits per heavy atom. The molecule has 0 bridgehead atoms. The Morgan fingerprint density at radius 1 is 1.08 bits per heavy atom. The van der Waals surface area contributed by atoms with E-state index in [9.17, 15) is 4.79 Å². The Morgan fingerprint density at radius 2 is 1.64 bits per heavy atom. The molecule has 0 saturated carbocycles. The fourth-order valence-corrected chi connectivity index (χ4v) is 3.91. The van der Waals surface area contributed by atoms with Crippen LogP contribution in [0.15, 0.2) is 23.4 Å². The van der Waals surface area contributed by atoms with Crippen molar-refractivity contribution in [2.75, 3.05) is 0 Å². The summed E-state index contributed by atoms with van der Waals surface area (Å²) in [4.78, 5) is 14.8. The second-order valence-electron chi connectivity index (χ2n) is 6.81. The lowest BCUT2D eigenvalue weighted by Crippen LogP contribution is -2.45. The van der Waals surface area contributed by atoms with Crippen molar-refractivity contribution < 1.29 is 4.79 Å². The van der Waals surface area contributed by atoms with E-state index in [1.807, 2.05) is 71.6 Å². The van der Waals surface area contributed by atoms with E-state index in [0.717, 1.165) is 16.8 Å². The van der Waals surface area contributed by atoms with Gasteiger partial charge in [0.1, 0.15) is 0 Å². The molecule has 0 N–H and O–H groups in total. The van der Waals surface area contributed by atoms with Crippen LogP contribution in [0.5, 0.6) is 0 Å². The molecule has 6 nitrogen and oxygen atoms in total. The lowest BCUT2D eigenvalue weighted by Gasteiger charge is -2.32. The van der Waals surface area contributed by atoms with E-state index in [0.29, 0.717) is 5.16 Å². The van der Waals surface area contributed by atoms with E-state index in [-0.39, 0.29) is 23.2 Å². The highest BCUT2D eigenvalue weighted by Crippen LogP contribution is 2.27. The first kappa shape index (κ1) is 19.4. The summed E-state index contributed by atoms with van der Waals surface area (Å²) in [5.74, 6) is 0.103. The Labute approximate surface area is 154 Å². The Balaban J connectivity index is 2.28. The topological polar surface area (TPSA) is 63.9 Å². The summed E-state index contributed by atoms with van der Waals surface area (Å²) in [5, 5.41) is 12.5. The number of carbonyl (C=O) groups is 1. The van der Waals surface area contributed by atoms with Crippen LogP contribution in [0.3, 0.4) is 0 Å². The summed E-state index contributed by atoms with van der Waals surface area (Å²) in [6.07, 6.45) is 0. The van der Waals surface area contributed by atoms with Gasteiger partial charge in [-0.1, -0.05) is 30.0 Å². The molecule has 0 radical (unpaired) electrons. The summed E-state index contributed by atoms with van der Waals surface area (Å²) < 4.78 is 1.73. The number of thioether (sulfide) groups is 1. The third-order valence-corrected chi connectivity index (χ3v) is 5.11. The molecular weight excluding hydrogens is 334 g/mol. The number of rotatable bonds is 6. The van der Waals surface area contributed by atoms with Gasteiger partial charge in [0.25, 0.3) is 0 Å². The molecule has 1 heterocycles. The first-order valence-electron chi connectivity index (χ1n) is 8.57. The third-order valence-electron chi connectivity index (χ3n) is 4.09. The number of aryl methyl sites for hydroxylation is 2. The van der Waals surface area contributed by atoms with Crippen LogP contribution in [0, 0.1) is 13.8 Å². The fraction of sp³-hybridized carbons (Fsp3) is 0.556. The highest BCUT2D eigenvalue weighted by Gasteiger charge is 2.27. The maximum absolute atomic E-state index is 12.9. The molecule has 0 aliphatic carbocycles. The first-order valence-corrected chi connectivity index (χ1v) is 9.45. The van der Waals surface area contributed by atoms with Gasteiger partial charge in [0.05, 0.1) is 10.9 Å². The lowest BCUT2D eigenvalue weighted by molar-refractivity contribution is -0.133. The second kappa shape index (κ2) is 7.99. The number of nitrogens with zero attached hydrogens (tertiary/aromatic N) is 5. The molecule has 1 amide bonds. The van der Waals surface area contributed by atoms with Gasteiger partial charge >= 0.3 is 0 Å². The standard InChI is InChI=1S/C18H27N5OS/c1-11(2)22(12(3)4)17(24)15(7)25-18-19-20-21-23(18)16-13(5)9-8-10-14(16)6/h8-12,15H,1-7H3/t15-/m0/s1. The summed E-state index contributed by atoms with van der Waals surface area (Å²) in [6.45, 7) is 14.1. The van der Waals surface area contributed by atoms with E-state index < -0.39 is 0 Å². The summed E-state index contributed by atoms with van der Waals surface area (Å²) >= 11 is 1.40. The van der Waals surface area contributed by atoms with Gasteiger partial charge in [-0.15, -0.1) is 5.10 Å². The Bertz CT molecular complexity index is 713. The molecule has 0 unspecified atom stereocenters. The average molecular weight is 362 g/mol. The quantitative estimate of drug-likeness (QED) is 0.738. The van der Waals surface area contributed by atoms with Crippen LogP contribution in [-0.2, 0) is 4.79 Å². The van der Waals surface area contributed by atoms with Crippen molar-refractivity contribution in [3.8, 4) is 5.69 Å². The first-order chi connectivity index (χ1) is 11.7. The van der Waals surface area contributed by atoms with Crippen molar-refractivity contribution in [2.24, 2.45) is 0 Å². The predicted octanol–water partition coefficient (Wildman–Crippen LogP) is 3.41. The normalized spacial score (nSPS) is 12.7. The van der Waals surface area contributed by atoms with Crippen molar-refractivity contribution in [3.63, 3.8) is 0 Å². The number of hydrogen-bond acceptors (Lipinski definition) is 5.